The summed E-state index contributed by atoms with van der Waals surface area (Å²) < 4.78 is 4.89. The summed E-state index contributed by atoms with van der Waals surface area (Å²) in [6.07, 6.45) is 0.569. The van der Waals surface area contributed by atoms with E-state index < -0.39 is 0 Å². The number of benzene rings is 1. The van der Waals surface area contributed by atoms with Crippen molar-refractivity contribution in [1.82, 2.24) is 0 Å². The second-order valence-electron chi connectivity index (χ2n) is 3.01. The number of amides is 1. The van der Waals surface area contributed by atoms with Gasteiger partial charge in [0.25, 0.3) is 0 Å². The van der Waals surface area contributed by atoms with Crippen molar-refractivity contribution in [2.24, 2.45) is 0 Å². The van der Waals surface area contributed by atoms with Gasteiger partial charge in [0.05, 0.1) is 12.2 Å². The van der Waals surface area contributed by atoms with Crippen LogP contribution in [0.5, 0.6) is 0 Å². The van der Waals surface area contributed by atoms with Gasteiger partial charge in [-0.15, -0.1) is 0 Å². The summed E-state index contributed by atoms with van der Waals surface area (Å²) in [5.74, 6) is -0.371. The molecule has 1 amide bonds. The van der Waals surface area contributed by atoms with Crippen LogP contribution in [-0.2, 0) is 9.53 Å². The van der Waals surface area contributed by atoms with Crippen LogP contribution in [0.1, 0.15) is 22.8 Å². The molecule has 0 heterocycles. The molecule has 0 aliphatic rings. The molecular weight excluding hydrogens is 194 g/mol. The third-order valence-corrected chi connectivity index (χ3v) is 1.96. The Labute approximate surface area is 88.2 Å². The van der Waals surface area contributed by atoms with Gasteiger partial charge in [-0.1, -0.05) is 6.07 Å². The van der Waals surface area contributed by atoms with Gasteiger partial charge in [-0.3, -0.25) is 4.79 Å². The van der Waals surface area contributed by atoms with Crippen LogP contribution in [-0.4, -0.2) is 19.0 Å². The van der Waals surface area contributed by atoms with Crippen LogP contribution in [0.4, 0.5) is 5.69 Å². The summed E-state index contributed by atoms with van der Waals surface area (Å²) in [6.45, 7) is 3.90. The summed E-state index contributed by atoms with van der Waals surface area (Å²) in [5, 5.41) is 2.48. The summed E-state index contributed by atoms with van der Waals surface area (Å²) >= 11 is 0. The number of carbonyl (C=O) groups excluding carboxylic acids is 2. The lowest BCUT2D eigenvalue weighted by Crippen LogP contribution is -2.07. The molecule has 0 bridgehead atoms. The Bertz CT molecular complexity index is 374. The van der Waals surface area contributed by atoms with E-state index in [1.807, 2.05) is 6.92 Å². The zero-order chi connectivity index (χ0) is 11.3. The second kappa shape index (κ2) is 5.14. The molecule has 4 nitrogen and oxygen atoms in total. The fraction of sp³-hybridized carbons (Fsp3) is 0.273. The lowest BCUT2D eigenvalue weighted by Gasteiger charge is -2.07. The standard InChI is InChI=1S/C11H13NO3/c1-3-15-11(14)10-6-9(12-7-13)5-4-8(10)2/h4-7H,3H2,1-2H3,(H,12,13). The average molecular weight is 207 g/mol. The smallest absolute Gasteiger partial charge is 0.338 e. The quantitative estimate of drug-likeness (QED) is 0.604. The molecule has 1 N–H and O–H groups in total. The van der Waals surface area contributed by atoms with Crippen molar-refractivity contribution in [3.05, 3.63) is 29.3 Å². The third-order valence-electron chi connectivity index (χ3n) is 1.96. The molecule has 0 saturated carbocycles. The molecule has 15 heavy (non-hydrogen) atoms. The Morgan fingerprint density at radius 1 is 1.53 bits per heavy atom. The van der Waals surface area contributed by atoms with E-state index in [0.717, 1.165) is 5.56 Å². The Balaban J connectivity index is 2.99. The second-order valence-corrected chi connectivity index (χ2v) is 3.01. The predicted octanol–water partition coefficient (Wildman–Crippen LogP) is 1.74. The number of anilines is 1. The van der Waals surface area contributed by atoms with Crippen LogP contribution in [0, 0.1) is 6.92 Å². The van der Waals surface area contributed by atoms with Crippen molar-refractivity contribution in [2.45, 2.75) is 13.8 Å². The number of nitrogens with one attached hydrogen (secondary N) is 1. The molecule has 0 unspecified atom stereocenters. The molecule has 80 valence electrons. The van der Waals surface area contributed by atoms with E-state index in [1.165, 1.54) is 0 Å². The number of aryl methyl sites for hydroxylation is 1. The van der Waals surface area contributed by atoms with E-state index in [1.54, 1.807) is 25.1 Å². The van der Waals surface area contributed by atoms with Gasteiger partial charge in [0, 0.05) is 5.69 Å². The van der Waals surface area contributed by atoms with Gasteiger partial charge < -0.3 is 10.1 Å². The predicted molar refractivity (Wildman–Crippen MR) is 56.8 cm³/mol. The number of rotatable bonds is 4. The first kappa shape index (κ1) is 11.2. The molecule has 4 heteroatoms. The molecule has 0 saturated heterocycles. The van der Waals surface area contributed by atoms with Crippen LogP contribution in [0.15, 0.2) is 18.2 Å². The molecule has 0 aliphatic heterocycles. The number of carbonyl (C=O) groups is 2. The van der Waals surface area contributed by atoms with Gasteiger partial charge in [0.2, 0.25) is 6.41 Å². The van der Waals surface area contributed by atoms with Crippen molar-refractivity contribution < 1.29 is 14.3 Å². The largest absolute Gasteiger partial charge is 0.462 e. The fourth-order valence-corrected chi connectivity index (χ4v) is 1.21. The third kappa shape index (κ3) is 2.80. The summed E-state index contributed by atoms with van der Waals surface area (Å²) in [6, 6.07) is 5.09. The summed E-state index contributed by atoms with van der Waals surface area (Å²) in [5.41, 5.74) is 1.88. The van der Waals surface area contributed by atoms with Gasteiger partial charge in [-0.25, -0.2) is 4.79 Å². The van der Waals surface area contributed by atoms with E-state index in [4.69, 9.17) is 4.74 Å². The summed E-state index contributed by atoms with van der Waals surface area (Å²) in [7, 11) is 0. The first-order valence-corrected chi connectivity index (χ1v) is 4.67. The van der Waals surface area contributed by atoms with Gasteiger partial charge in [-0.2, -0.15) is 0 Å². The highest BCUT2D eigenvalue weighted by Crippen LogP contribution is 2.15. The lowest BCUT2D eigenvalue weighted by atomic mass is 10.1. The number of hydrogen-bond acceptors (Lipinski definition) is 3. The SMILES string of the molecule is CCOC(=O)c1cc(NC=O)ccc1C. The molecule has 0 atom stereocenters. The molecule has 0 aromatic heterocycles. The maximum atomic E-state index is 11.5. The van der Waals surface area contributed by atoms with Crippen molar-refractivity contribution in [3.8, 4) is 0 Å². The van der Waals surface area contributed by atoms with Crippen LogP contribution >= 0.6 is 0 Å². The van der Waals surface area contributed by atoms with Crippen molar-refractivity contribution in [1.29, 1.82) is 0 Å². The van der Waals surface area contributed by atoms with Gasteiger partial charge in [0.15, 0.2) is 0 Å². The minimum atomic E-state index is -0.371. The Kier molecular flexibility index (Phi) is 3.85. The first-order valence-electron chi connectivity index (χ1n) is 4.67. The highest BCUT2D eigenvalue weighted by atomic mass is 16.5. The van der Waals surface area contributed by atoms with Crippen molar-refractivity contribution >= 4 is 18.1 Å². The Hall–Kier alpha value is -1.84. The zero-order valence-electron chi connectivity index (χ0n) is 8.74. The molecule has 0 aliphatic carbocycles. The Morgan fingerprint density at radius 2 is 2.27 bits per heavy atom. The lowest BCUT2D eigenvalue weighted by molar-refractivity contribution is -0.105. The molecular formula is C11H13NO3. The van der Waals surface area contributed by atoms with Crippen LogP contribution in [0.25, 0.3) is 0 Å². The van der Waals surface area contributed by atoms with E-state index in [9.17, 15) is 9.59 Å². The number of esters is 1. The molecule has 0 radical (unpaired) electrons. The van der Waals surface area contributed by atoms with Crippen molar-refractivity contribution in [2.75, 3.05) is 11.9 Å². The van der Waals surface area contributed by atoms with Gasteiger partial charge >= 0.3 is 5.97 Å². The molecule has 0 spiro atoms. The van der Waals surface area contributed by atoms with Crippen molar-refractivity contribution in [3.63, 3.8) is 0 Å². The average Bonchev–Trinajstić information content (AvgIpc) is 2.21. The molecule has 1 rings (SSSR count). The van der Waals surface area contributed by atoms with E-state index in [2.05, 4.69) is 5.32 Å². The minimum absolute atomic E-state index is 0.337. The van der Waals surface area contributed by atoms with E-state index in [-0.39, 0.29) is 5.97 Å². The van der Waals surface area contributed by atoms with Crippen LogP contribution < -0.4 is 5.32 Å². The van der Waals surface area contributed by atoms with Gasteiger partial charge in [0.1, 0.15) is 0 Å². The number of ether oxygens (including phenoxy) is 1. The number of hydrogen-bond donors (Lipinski definition) is 1. The summed E-state index contributed by atoms with van der Waals surface area (Å²) in [4.78, 5) is 21.7. The minimum Gasteiger partial charge on any atom is -0.462 e. The maximum absolute atomic E-state index is 11.5. The van der Waals surface area contributed by atoms with Crippen LogP contribution in [0.3, 0.4) is 0 Å². The highest BCUT2D eigenvalue weighted by molar-refractivity contribution is 5.92. The van der Waals surface area contributed by atoms with E-state index in [0.29, 0.717) is 24.3 Å². The van der Waals surface area contributed by atoms with E-state index >= 15 is 0 Å². The zero-order valence-corrected chi connectivity index (χ0v) is 8.74. The first-order chi connectivity index (χ1) is 7.19. The van der Waals surface area contributed by atoms with Gasteiger partial charge in [-0.05, 0) is 31.5 Å². The van der Waals surface area contributed by atoms with Crippen LogP contribution in [0.2, 0.25) is 0 Å². The molecule has 1 aromatic carbocycles. The molecule has 1 aromatic rings. The molecule has 0 fully saturated rings. The topological polar surface area (TPSA) is 55.4 Å². The Morgan fingerprint density at radius 3 is 2.87 bits per heavy atom. The maximum Gasteiger partial charge on any atom is 0.338 e. The monoisotopic (exact) mass is 207 g/mol. The normalized spacial score (nSPS) is 9.47. The fourth-order valence-electron chi connectivity index (χ4n) is 1.21. The highest BCUT2D eigenvalue weighted by Gasteiger charge is 2.10.